The van der Waals surface area contributed by atoms with Gasteiger partial charge in [-0.2, -0.15) is 0 Å². The zero-order chi connectivity index (χ0) is 16.3. The minimum absolute atomic E-state index is 0.354. The predicted octanol–water partition coefficient (Wildman–Crippen LogP) is 4.93. The normalized spacial score (nSPS) is 12.9. The van der Waals surface area contributed by atoms with Gasteiger partial charge in [-0.05, 0) is 34.9 Å². The summed E-state index contributed by atoms with van der Waals surface area (Å²) in [6.07, 6.45) is 2.05. The summed E-state index contributed by atoms with van der Waals surface area (Å²) in [6.45, 7) is 3.72. The van der Waals surface area contributed by atoms with E-state index in [1.807, 2.05) is 60.7 Å². The molecule has 3 rings (SSSR count). The second-order valence-corrected chi connectivity index (χ2v) is 7.61. The third-order valence-corrected chi connectivity index (χ3v) is 6.10. The number of sulfone groups is 1. The highest BCUT2D eigenvalue weighted by molar-refractivity contribution is 7.91. The molecule has 0 aromatic heterocycles. The second kappa shape index (κ2) is 6.39. The van der Waals surface area contributed by atoms with E-state index in [-0.39, 0.29) is 0 Å². The molecule has 0 aliphatic heterocycles. The summed E-state index contributed by atoms with van der Waals surface area (Å²) in [5.74, 6) is 0. The summed E-state index contributed by atoms with van der Waals surface area (Å²) in [5.41, 5.74) is 0.792. The summed E-state index contributed by atoms with van der Waals surface area (Å²) in [5, 5.41) is 1.35. The average Bonchev–Trinajstić information content (AvgIpc) is 2.60. The van der Waals surface area contributed by atoms with Gasteiger partial charge in [-0.1, -0.05) is 66.7 Å². The Labute approximate surface area is 137 Å². The van der Waals surface area contributed by atoms with E-state index in [1.165, 1.54) is 0 Å². The Morgan fingerprint density at radius 2 is 1.52 bits per heavy atom. The maximum Gasteiger partial charge on any atom is 0.185 e. The fraction of sp³-hybridized carbons (Fsp3) is 0.100. The van der Waals surface area contributed by atoms with Gasteiger partial charge in [-0.15, -0.1) is 6.58 Å². The van der Waals surface area contributed by atoms with Crippen LogP contribution in [0.15, 0.2) is 90.3 Å². The van der Waals surface area contributed by atoms with Gasteiger partial charge in [0.2, 0.25) is 0 Å². The van der Waals surface area contributed by atoms with Crippen LogP contribution < -0.4 is 0 Å². The summed E-state index contributed by atoms with van der Waals surface area (Å²) < 4.78 is 26.2. The maximum absolute atomic E-state index is 13.1. The van der Waals surface area contributed by atoms with Crippen LogP contribution in [0.3, 0.4) is 0 Å². The Morgan fingerprint density at radius 3 is 2.22 bits per heavy atom. The highest BCUT2D eigenvalue weighted by Crippen LogP contribution is 2.33. The van der Waals surface area contributed by atoms with Crippen molar-refractivity contribution < 1.29 is 8.42 Å². The quantitative estimate of drug-likeness (QED) is 0.624. The lowest BCUT2D eigenvalue weighted by molar-refractivity contribution is 0.582. The lowest BCUT2D eigenvalue weighted by Crippen LogP contribution is -2.13. The van der Waals surface area contributed by atoms with Crippen LogP contribution in [0.25, 0.3) is 10.8 Å². The van der Waals surface area contributed by atoms with E-state index in [9.17, 15) is 8.42 Å². The number of benzene rings is 3. The Hall–Kier alpha value is -2.39. The zero-order valence-electron chi connectivity index (χ0n) is 12.7. The molecule has 0 aliphatic carbocycles. The van der Waals surface area contributed by atoms with Crippen molar-refractivity contribution in [3.05, 3.63) is 91.0 Å². The molecule has 0 bridgehead atoms. The van der Waals surface area contributed by atoms with Crippen LogP contribution in [-0.4, -0.2) is 8.42 Å². The van der Waals surface area contributed by atoms with Crippen molar-refractivity contribution in [1.29, 1.82) is 0 Å². The number of fused-ring (bicyclic) bond motifs is 1. The molecule has 0 fully saturated rings. The van der Waals surface area contributed by atoms with E-state index >= 15 is 0 Å². The lowest BCUT2D eigenvalue weighted by atomic mass is 10.1. The van der Waals surface area contributed by atoms with Crippen molar-refractivity contribution in [2.24, 2.45) is 0 Å². The van der Waals surface area contributed by atoms with Gasteiger partial charge in [-0.3, -0.25) is 0 Å². The molecule has 0 heterocycles. The molecule has 23 heavy (non-hydrogen) atoms. The first-order chi connectivity index (χ1) is 11.1. The lowest BCUT2D eigenvalue weighted by Gasteiger charge is -2.17. The van der Waals surface area contributed by atoms with Gasteiger partial charge in [0.1, 0.15) is 0 Å². The SMILES string of the molecule is C=CCC(c1ccccc1)S(=O)(=O)c1ccc2ccccc2c1. The van der Waals surface area contributed by atoms with Gasteiger partial charge in [0.25, 0.3) is 0 Å². The molecule has 0 amide bonds. The van der Waals surface area contributed by atoms with Crippen LogP contribution in [0.5, 0.6) is 0 Å². The van der Waals surface area contributed by atoms with E-state index in [2.05, 4.69) is 6.58 Å². The van der Waals surface area contributed by atoms with Crippen LogP contribution in [-0.2, 0) is 9.84 Å². The number of rotatable bonds is 5. The number of hydrogen-bond donors (Lipinski definition) is 0. The van der Waals surface area contributed by atoms with Crippen molar-refractivity contribution in [2.45, 2.75) is 16.6 Å². The monoisotopic (exact) mass is 322 g/mol. The predicted molar refractivity (Wildman–Crippen MR) is 95.1 cm³/mol. The molecule has 0 spiro atoms. The topological polar surface area (TPSA) is 34.1 Å². The third-order valence-electron chi connectivity index (χ3n) is 3.98. The number of allylic oxidation sites excluding steroid dienone is 1. The smallest absolute Gasteiger partial charge is 0.185 e. The first-order valence-electron chi connectivity index (χ1n) is 7.51. The van der Waals surface area contributed by atoms with Crippen LogP contribution in [0.1, 0.15) is 17.2 Å². The molecule has 0 radical (unpaired) electrons. The van der Waals surface area contributed by atoms with Gasteiger partial charge in [-0.25, -0.2) is 8.42 Å². The van der Waals surface area contributed by atoms with E-state index in [1.54, 1.807) is 18.2 Å². The Kier molecular flexibility index (Phi) is 4.30. The molecular weight excluding hydrogens is 304 g/mol. The Morgan fingerprint density at radius 1 is 0.870 bits per heavy atom. The Balaban J connectivity index is 2.11. The fourth-order valence-corrected chi connectivity index (χ4v) is 4.55. The van der Waals surface area contributed by atoms with Crippen molar-refractivity contribution >= 4 is 20.6 Å². The highest BCUT2D eigenvalue weighted by Gasteiger charge is 2.28. The molecule has 3 aromatic rings. The first kappa shape index (κ1) is 15.5. The summed E-state index contributed by atoms with van der Waals surface area (Å²) in [7, 11) is -3.48. The van der Waals surface area contributed by atoms with Crippen molar-refractivity contribution in [3.63, 3.8) is 0 Å². The van der Waals surface area contributed by atoms with Gasteiger partial charge in [0, 0.05) is 0 Å². The van der Waals surface area contributed by atoms with Crippen LogP contribution in [0.4, 0.5) is 0 Å². The van der Waals surface area contributed by atoms with Gasteiger partial charge in [0.15, 0.2) is 9.84 Å². The molecule has 0 saturated heterocycles. The van der Waals surface area contributed by atoms with Gasteiger partial charge < -0.3 is 0 Å². The second-order valence-electron chi connectivity index (χ2n) is 5.48. The molecule has 0 aliphatic rings. The maximum atomic E-state index is 13.1. The van der Waals surface area contributed by atoms with E-state index in [4.69, 9.17) is 0 Å². The summed E-state index contributed by atoms with van der Waals surface area (Å²) in [6, 6.07) is 22.4. The third kappa shape index (κ3) is 3.06. The summed E-state index contributed by atoms with van der Waals surface area (Å²) in [4.78, 5) is 0.354. The molecule has 116 valence electrons. The van der Waals surface area contributed by atoms with Crippen molar-refractivity contribution in [3.8, 4) is 0 Å². The standard InChI is InChI=1S/C20H18O2S/c1-2-8-20(17-10-4-3-5-11-17)23(21,22)19-14-13-16-9-6-7-12-18(16)15-19/h2-7,9-15,20H,1,8H2. The van der Waals surface area contributed by atoms with E-state index in [0.717, 1.165) is 16.3 Å². The van der Waals surface area contributed by atoms with Gasteiger partial charge in [0.05, 0.1) is 10.1 Å². The van der Waals surface area contributed by atoms with Crippen molar-refractivity contribution in [1.82, 2.24) is 0 Å². The molecule has 2 nitrogen and oxygen atoms in total. The molecule has 0 saturated carbocycles. The van der Waals surface area contributed by atoms with Gasteiger partial charge >= 0.3 is 0 Å². The summed E-state index contributed by atoms with van der Waals surface area (Å²) >= 11 is 0. The molecule has 3 aromatic carbocycles. The van der Waals surface area contributed by atoms with E-state index < -0.39 is 15.1 Å². The van der Waals surface area contributed by atoms with Crippen LogP contribution in [0, 0.1) is 0 Å². The highest BCUT2D eigenvalue weighted by atomic mass is 32.2. The zero-order valence-corrected chi connectivity index (χ0v) is 13.5. The molecule has 1 atom stereocenters. The fourth-order valence-electron chi connectivity index (χ4n) is 2.77. The minimum atomic E-state index is -3.48. The largest absolute Gasteiger partial charge is 0.223 e. The molecular formula is C20H18O2S. The van der Waals surface area contributed by atoms with Crippen molar-refractivity contribution in [2.75, 3.05) is 0 Å². The Bertz CT molecular complexity index is 928. The number of hydrogen-bond acceptors (Lipinski definition) is 2. The minimum Gasteiger partial charge on any atom is -0.223 e. The first-order valence-corrected chi connectivity index (χ1v) is 9.06. The molecule has 3 heteroatoms. The van der Waals surface area contributed by atoms with Crippen LogP contribution in [0.2, 0.25) is 0 Å². The van der Waals surface area contributed by atoms with Crippen LogP contribution >= 0.6 is 0 Å². The molecule has 1 unspecified atom stereocenters. The molecule has 0 N–H and O–H groups in total. The average molecular weight is 322 g/mol. The van der Waals surface area contributed by atoms with E-state index in [0.29, 0.717) is 11.3 Å².